The van der Waals surface area contributed by atoms with Gasteiger partial charge in [-0.3, -0.25) is 4.79 Å². The average Bonchev–Trinajstić information content (AvgIpc) is 2.89. The van der Waals surface area contributed by atoms with Crippen molar-refractivity contribution in [2.24, 2.45) is 0 Å². The first-order chi connectivity index (χ1) is 9.65. The van der Waals surface area contributed by atoms with Crippen LogP contribution in [0.25, 0.3) is 0 Å². The maximum Gasteiger partial charge on any atom is 0.257 e. The van der Waals surface area contributed by atoms with Crippen molar-refractivity contribution in [1.82, 2.24) is 0 Å². The van der Waals surface area contributed by atoms with Crippen LogP contribution in [-0.2, 0) is 12.8 Å². The summed E-state index contributed by atoms with van der Waals surface area (Å²) in [6.07, 6.45) is 3.40. The lowest BCUT2D eigenvalue weighted by atomic mass is 10.1. The zero-order chi connectivity index (χ0) is 14.1. The van der Waals surface area contributed by atoms with Crippen LogP contribution in [0.5, 0.6) is 0 Å². The van der Waals surface area contributed by atoms with Gasteiger partial charge >= 0.3 is 0 Å². The summed E-state index contributed by atoms with van der Waals surface area (Å²) in [6.45, 7) is 0. The Morgan fingerprint density at radius 2 is 1.95 bits per heavy atom. The first kappa shape index (κ1) is 13.0. The fourth-order valence-corrected chi connectivity index (χ4v) is 2.76. The molecule has 0 unspecified atom stereocenters. The summed E-state index contributed by atoms with van der Waals surface area (Å²) in [4.78, 5) is 12.2. The molecule has 0 saturated heterocycles. The highest BCUT2D eigenvalue weighted by molar-refractivity contribution is 6.34. The number of hydrogen-bond donors (Lipinski definition) is 2. The van der Waals surface area contributed by atoms with Crippen molar-refractivity contribution in [3.63, 3.8) is 0 Å². The van der Waals surface area contributed by atoms with Crippen LogP contribution in [0.3, 0.4) is 0 Å². The zero-order valence-corrected chi connectivity index (χ0v) is 11.7. The molecule has 3 N–H and O–H groups in total. The quantitative estimate of drug-likeness (QED) is 0.828. The molecule has 0 radical (unpaired) electrons. The Morgan fingerprint density at radius 1 is 1.15 bits per heavy atom. The maximum absolute atomic E-state index is 12.2. The van der Waals surface area contributed by atoms with Crippen molar-refractivity contribution in [2.75, 3.05) is 11.1 Å². The van der Waals surface area contributed by atoms with Crippen LogP contribution in [0.1, 0.15) is 27.9 Å². The van der Waals surface area contributed by atoms with Gasteiger partial charge in [0.2, 0.25) is 0 Å². The standard InChI is InChI=1S/C16H15ClN2O/c17-14-6-2-5-13(15(14)18)16(20)19-12-8-7-10-3-1-4-11(10)9-12/h2,5-9H,1,3-4,18H2,(H,19,20). The van der Waals surface area contributed by atoms with Crippen LogP contribution in [-0.4, -0.2) is 5.91 Å². The van der Waals surface area contributed by atoms with E-state index >= 15 is 0 Å². The van der Waals surface area contributed by atoms with Gasteiger partial charge in [0.15, 0.2) is 0 Å². The SMILES string of the molecule is Nc1c(Cl)cccc1C(=O)Nc1ccc2c(c1)CCC2. The van der Waals surface area contributed by atoms with E-state index in [0.29, 0.717) is 16.3 Å². The molecule has 1 aliphatic carbocycles. The van der Waals surface area contributed by atoms with Gasteiger partial charge in [0.1, 0.15) is 0 Å². The molecule has 20 heavy (non-hydrogen) atoms. The van der Waals surface area contributed by atoms with Crippen LogP contribution >= 0.6 is 11.6 Å². The van der Waals surface area contributed by atoms with E-state index in [0.717, 1.165) is 18.5 Å². The number of para-hydroxylation sites is 1. The van der Waals surface area contributed by atoms with E-state index in [1.807, 2.05) is 12.1 Å². The molecule has 1 aliphatic rings. The van der Waals surface area contributed by atoms with Crippen LogP contribution in [0.4, 0.5) is 11.4 Å². The highest BCUT2D eigenvalue weighted by atomic mass is 35.5. The van der Waals surface area contributed by atoms with E-state index in [9.17, 15) is 4.79 Å². The second kappa shape index (κ2) is 5.17. The third-order valence-electron chi connectivity index (χ3n) is 3.65. The monoisotopic (exact) mass is 286 g/mol. The molecule has 0 aromatic heterocycles. The molecule has 0 saturated carbocycles. The Morgan fingerprint density at radius 3 is 2.80 bits per heavy atom. The molecule has 0 atom stereocenters. The number of nitrogens with two attached hydrogens (primary N) is 1. The van der Waals surface area contributed by atoms with Gasteiger partial charge in [0, 0.05) is 5.69 Å². The Labute approximate surface area is 122 Å². The number of anilines is 2. The molecule has 0 fully saturated rings. The first-order valence-electron chi connectivity index (χ1n) is 6.62. The minimum Gasteiger partial charge on any atom is -0.397 e. The van der Waals surface area contributed by atoms with Crippen LogP contribution in [0.15, 0.2) is 36.4 Å². The second-order valence-electron chi connectivity index (χ2n) is 4.99. The van der Waals surface area contributed by atoms with E-state index in [2.05, 4.69) is 11.4 Å². The van der Waals surface area contributed by atoms with Crippen LogP contribution < -0.4 is 11.1 Å². The van der Waals surface area contributed by atoms with E-state index in [4.69, 9.17) is 17.3 Å². The zero-order valence-electron chi connectivity index (χ0n) is 10.9. The normalized spacial score (nSPS) is 13.1. The van der Waals surface area contributed by atoms with E-state index < -0.39 is 0 Å². The highest BCUT2D eigenvalue weighted by Crippen LogP contribution is 2.26. The summed E-state index contributed by atoms with van der Waals surface area (Å²) in [5.41, 5.74) is 10.1. The Kier molecular flexibility index (Phi) is 3.36. The van der Waals surface area contributed by atoms with Crippen molar-refractivity contribution >= 4 is 28.9 Å². The van der Waals surface area contributed by atoms with Gasteiger partial charge in [-0.25, -0.2) is 0 Å². The summed E-state index contributed by atoms with van der Waals surface area (Å²) in [5.74, 6) is -0.233. The van der Waals surface area contributed by atoms with E-state index in [1.54, 1.807) is 18.2 Å². The van der Waals surface area contributed by atoms with Crippen molar-refractivity contribution in [1.29, 1.82) is 0 Å². The molecule has 0 spiro atoms. The number of amides is 1. The number of rotatable bonds is 2. The molecule has 102 valence electrons. The molecule has 0 bridgehead atoms. The molecular formula is C16H15ClN2O. The molecule has 2 aromatic rings. The van der Waals surface area contributed by atoms with Crippen LogP contribution in [0.2, 0.25) is 5.02 Å². The Bertz CT molecular complexity index is 682. The Hall–Kier alpha value is -2.00. The number of carbonyl (C=O) groups is 1. The largest absolute Gasteiger partial charge is 0.397 e. The van der Waals surface area contributed by atoms with Gasteiger partial charge in [0.25, 0.3) is 5.91 Å². The number of fused-ring (bicyclic) bond motifs is 1. The second-order valence-corrected chi connectivity index (χ2v) is 5.40. The molecule has 0 aliphatic heterocycles. The first-order valence-corrected chi connectivity index (χ1v) is 7.00. The summed E-state index contributed by atoms with van der Waals surface area (Å²) < 4.78 is 0. The number of hydrogen-bond acceptors (Lipinski definition) is 2. The van der Waals surface area contributed by atoms with Gasteiger partial charge in [-0.1, -0.05) is 23.7 Å². The summed E-state index contributed by atoms with van der Waals surface area (Å²) in [7, 11) is 0. The molecule has 3 nitrogen and oxygen atoms in total. The van der Waals surface area contributed by atoms with Crippen LogP contribution in [0, 0.1) is 0 Å². The summed E-state index contributed by atoms with van der Waals surface area (Å²) >= 11 is 5.93. The van der Waals surface area contributed by atoms with Crippen molar-refractivity contribution in [3.05, 3.63) is 58.1 Å². The molecule has 1 amide bonds. The highest BCUT2D eigenvalue weighted by Gasteiger charge is 2.14. The van der Waals surface area contributed by atoms with Gasteiger partial charge < -0.3 is 11.1 Å². The third kappa shape index (κ3) is 2.37. The predicted molar refractivity (Wildman–Crippen MR) is 82.3 cm³/mol. The summed E-state index contributed by atoms with van der Waals surface area (Å²) in [5, 5.41) is 3.27. The lowest BCUT2D eigenvalue weighted by Crippen LogP contribution is -2.14. The predicted octanol–water partition coefficient (Wildman–Crippen LogP) is 3.66. The molecule has 2 aromatic carbocycles. The lowest BCUT2D eigenvalue weighted by molar-refractivity contribution is 0.102. The number of nitrogens with one attached hydrogen (secondary N) is 1. The Balaban J connectivity index is 1.84. The van der Waals surface area contributed by atoms with Crippen molar-refractivity contribution in [2.45, 2.75) is 19.3 Å². The fraction of sp³-hybridized carbons (Fsp3) is 0.188. The number of benzene rings is 2. The molecule has 0 heterocycles. The number of aryl methyl sites for hydroxylation is 2. The summed E-state index contributed by atoms with van der Waals surface area (Å²) in [6, 6.07) is 11.1. The number of halogens is 1. The topological polar surface area (TPSA) is 55.1 Å². The van der Waals surface area contributed by atoms with E-state index in [-0.39, 0.29) is 5.91 Å². The van der Waals surface area contributed by atoms with Gasteiger partial charge in [-0.05, 0) is 54.7 Å². The minimum atomic E-state index is -0.233. The number of nitrogen functional groups attached to an aromatic ring is 1. The van der Waals surface area contributed by atoms with Crippen molar-refractivity contribution < 1.29 is 4.79 Å². The van der Waals surface area contributed by atoms with Gasteiger partial charge in [0.05, 0.1) is 16.3 Å². The van der Waals surface area contributed by atoms with E-state index in [1.165, 1.54) is 17.5 Å². The maximum atomic E-state index is 12.2. The van der Waals surface area contributed by atoms with Gasteiger partial charge in [-0.15, -0.1) is 0 Å². The van der Waals surface area contributed by atoms with Gasteiger partial charge in [-0.2, -0.15) is 0 Å². The number of carbonyl (C=O) groups excluding carboxylic acids is 1. The molecule has 4 heteroatoms. The smallest absolute Gasteiger partial charge is 0.257 e. The van der Waals surface area contributed by atoms with Crippen molar-refractivity contribution in [3.8, 4) is 0 Å². The third-order valence-corrected chi connectivity index (χ3v) is 3.98. The fourth-order valence-electron chi connectivity index (χ4n) is 2.58. The average molecular weight is 287 g/mol. The molecule has 3 rings (SSSR count). The minimum absolute atomic E-state index is 0.233. The molecular weight excluding hydrogens is 272 g/mol. The lowest BCUT2D eigenvalue weighted by Gasteiger charge is -2.10.